The summed E-state index contributed by atoms with van der Waals surface area (Å²) in [6, 6.07) is 5.75. The quantitative estimate of drug-likeness (QED) is 0.699. The molecule has 0 radical (unpaired) electrons. The Morgan fingerprint density at radius 3 is 2.54 bits per heavy atom. The van der Waals surface area contributed by atoms with Gasteiger partial charge in [-0.1, -0.05) is 6.07 Å². The summed E-state index contributed by atoms with van der Waals surface area (Å²) in [7, 11) is 0. The highest BCUT2D eigenvalue weighted by Crippen LogP contribution is 2.32. The van der Waals surface area contributed by atoms with Crippen LogP contribution >= 0.6 is 15.9 Å². The second-order valence-electron chi connectivity index (χ2n) is 5.30. The van der Waals surface area contributed by atoms with Crippen LogP contribution in [-0.2, 0) is 6.18 Å². The fourth-order valence-electron chi connectivity index (χ4n) is 1.85. The van der Waals surface area contributed by atoms with Gasteiger partial charge in [-0.05, 0) is 47.5 Å². The molecule has 1 aromatic carbocycles. The van der Waals surface area contributed by atoms with E-state index in [0.717, 1.165) is 11.6 Å². The highest BCUT2D eigenvalue weighted by Gasteiger charge is 2.34. The summed E-state index contributed by atoms with van der Waals surface area (Å²) < 4.78 is 39.8. The van der Waals surface area contributed by atoms with Gasteiger partial charge in [0.05, 0.1) is 12.3 Å². The molecule has 0 saturated heterocycles. The van der Waals surface area contributed by atoms with Gasteiger partial charge in [0.25, 0.3) is 0 Å². The van der Waals surface area contributed by atoms with Gasteiger partial charge in [0.15, 0.2) is 5.69 Å². The van der Waals surface area contributed by atoms with E-state index in [0.29, 0.717) is 10.2 Å². The van der Waals surface area contributed by atoms with Crippen LogP contribution in [0.2, 0.25) is 0 Å². The lowest BCUT2D eigenvalue weighted by Gasteiger charge is -2.15. The predicted molar refractivity (Wildman–Crippen MR) is 89.4 cm³/mol. The van der Waals surface area contributed by atoms with Crippen LogP contribution in [0.15, 0.2) is 28.7 Å². The number of rotatable bonds is 5. The first-order valence-corrected chi connectivity index (χ1v) is 7.85. The summed E-state index contributed by atoms with van der Waals surface area (Å²) in [4.78, 5) is 7.49. The normalized spacial score (nSPS) is 12.8. The molecule has 0 spiro atoms. The highest BCUT2D eigenvalue weighted by molar-refractivity contribution is 9.10. The number of alkyl halides is 3. The maximum absolute atomic E-state index is 13.0. The fourth-order valence-corrected chi connectivity index (χ4v) is 2.44. The van der Waals surface area contributed by atoms with Gasteiger partial charge in [-0.2, -0.15) is 18.2 Å². The minimum Gasteiger partial charge on any atom is -0.394 e. The number of aliphatic hydroxyl groups excluding tert-OH is 1. The number of benzene rings is 1. The van der Waals surface area contributed by atoms with Crippen molar-refractivity contribution in [2.75, 3.05) is 17.2 Å². The average Bonchev–Trinajstić information content (AvgIpc) is 2.49. The molecule has 0 saturated carbocycles. The Kier molecular flexibility index (Phi) is 5.66. The Labute approximate surface area is 145 Å². The van der Waals surface area contributed by atoms with E-state index in [-0.39, 0.29) is 18.4 Å². The van der Waals surface area contributed by atoms with Crippen LogP contribution in [0.25, 0.3) is 0 Å². The minimum atomic E-state index is -4.61. The molecule has 1 heterocycles. The molecule has 0 fully saturated rings. The maximum atomic E-state index is 13.0. The van der Waals surface area contributed by atoms with Gasteiger partial charge in [0, 0.05) is 16.6 Å². The number of aryl methyl sites for hydroxylation is 1. The first-order valence-electron chi connectivity index (χ1n) is 7.06. The number of halogens is 4. The molecule has 130 valence electrons. The van der Waals surface area contributed by atoms with Crippen LogP contribution in [0, 0.1) is 6.92 Å². The van der Waals surface area contributed by atoms with E-state index in [1.54, 1.807) is 13.0 Å². The number of nitrogens with zero attached hydrogens (tertiary/aromatic N) is 2. The highest BCUT2D eigenvalue weighted by atomic mass is 79.9. The molecule has 1 aromatic heterocycles. The number of anilines is 3. The van der Waals surface area contributed by atoms with E-state index >= 15 is 0 Å². The average molecular weight is 405 g/mol. The van der Waals surface area contributed by atoms with Crippen molar-refractivity contribution in [2.24, 2.45) is 0 Å². The van der Waals surface area contributed by atoms with Crippen molar-refractivity contribution in [1.82, 2.24) is 9.97 Å². The van der Waals surface area contributed by atoms with E-state index in [1.165, 1.54) is 0 Å². The Bertz CT molecular complexity index is 724. The molecule has 0 aliphatic carbocycles. The van der Waals surface area contributed by atoms with E-state index in [1.807, 2.05) is 19.1 Å². The summed E-state index contributed by atoms with van der Waals surface area (Å²) in [6.07, 6.45) is -4.61. The molecule has 24 heavy (non-hydrogen) atoms. The van der Waals surface area contributed by atoms with Crippen molar-refractivity contribution >= 4 is 33.4 Å². The van der Waals surface area contributed by atoms with Gasteiger partial charge in [-0.15, -0.1) is 0 Å². The number of hydrogen-bond acceptors (Lipinski definition) is 5. The standard InChI is InChI=1S/C15H16BrF3N4O/c1-8-3-4-11(10(16)5-8)21-13-6-12(15(17,18)19)22-14(23-13)20-9(2)7-24/h3-6,9,24H,7H2,1-2H3,(H2,20,21,22,23)/t9-/m1/s1. The van der Waals surface area contributed by atoms with Crippen molar-refractivity contribution in [2.45, 2.75) is 26.1 Å². The summed E-state index contributed by atoms with van der Waals surface area (Å²) in [5.41, 5.74) is 0.509. The Morgan fingerprint density at radius 2 is 1.96 bits per heavy atom. The topological polar surface area (TPSA) is 70.1 Å². The summed E-state index contributed by atoms with van der Waals surface area (Å²) in [5.74, 6) is -0.216. The molecule has 5 nitrogen and oxygen atoms in total. The number of aromatic nitrogens is 2. The summed E-state index contributed by atoms with van der Waals surface area (Å²) in [6.45, 7) is 3.25. The predicted octanol–water partition coefficient (Wildman–Crippen LogP) is 4.10. The third kappa shape index (κ3) is 4.81. The van der Waals surface area contributed by atoms with Crippen LogP contribution in [0.4, 0.5) is 30.6 Å². The first-order chi connectivity index (χ1) is 11.2. The Balaban J connectivity index is 2.38. The molecule has 2 aromatic rings. The maximum Gasteiger partial charge on any atom is 0.433 e. The second kappa shape index (κ2) is 7.35. The molecule has 3 N–H and O–H groups in total. The van der Waals surface area contributed by atoms with Crippen LogP contribution < -0.4 is 10.6 Å². The monoisotopic (exact) mass is 404 g/mol. The van der Waals surface area contributed by atoms with E-state index < -0.39 is 17.9 Å². The van der Waals surface area contributed by atoms with Crippen molar-refractivity contribution in [1.29, 1.82) is 0 Å². The Hall–Kier alpha value is -1.87. The second-order valence-corrected chi connectivity index (χ2v) is 6.15. The molecule has 0 bridgehead atoms. The molecule has 9 heteroatoms. The zero-order valence-corrected chi connectivity index (χ0v) is 14.5. The molecule has 0 unspecified atom stereocenters. The van der Waals surface area contributed by atoms with Gasteiger partial charge in [0.1, 0.15) is 5.82 Å². The van der Waals surface area contributed by atoms with Crippen molar-refractivity contribution < 1.29 is 18.3 Å². The number of aliphatic hydroxyl groups is 1. The van der Waals surface area contributed by atoms with E-state index in [4.69, 9.17) is 5.11 Å². The third-order valence-electron chi connectivity index (χ3n) is 3.05. The van der Waals surface area contributed by atoms with Crippen LogP contribution in [0.3, 0.4) is 0 Å². The largest absolute Gasteiger partial charge is 0.433 e. The molecular weight excluding hydrogens is 389 g/mol. The molecular formula is C15H16BrF3N4O. The summed E-state index contributed by atoms with van der Waals surface area (Å²) in [5, 5.41) is 14.5. The Morgan fingerprint density at radius 1 is 1.25 bits per heavy atom. The smallest absolute Gasteiger partial charge is 0.394 e. The van der Waals surface area contributed by atoms with E-state index in [9.17, 15) is 13.2 Å². The van der Waals surface area contributed by atoms with Crippen LogP contribution in [0.5, 0.6) is 0 Å². The van der Waals surface area contributed by atoms with E-state index in [2.05, 4.69) is 36.5 Å². The SMILES string of the molecule is Cc1ccc(Nc2cc(C(F)(F)F)nc(N[C@H](C)CO)n2)c(Br)c1. The van der Waals surface area contributed by atoms with Crippen LogP contribution in [-0.4, -0.2) is 27.7 Å². The van der Waals surface area contributed by atoms with Gasteiger partial charge in [-0.3, -0.25) is 0 Å². The molecule has 0 amide bonds. The number of nitrogens with one attached hydrogen (secondary N) is 2. The van der Waals surface area contributed by atoms with Gasteiger partial charge >= 0.3 is 6.18 Å². The first kappa shape index (κ1) is 18.5. The zero-order chi connectivity index (χ0) is 17.9. The minimum absolute atomic E-state index is 0.00508. The van der Waals surface area contributed by atoms with Crippen molar-refractivity contribution in [3.05, 3.63) is 40.0 Å². The molecule has 1 atom stereocenters. The molecule has 0 aliphatic heterocycles. The molecule has 0 aliphatic rings. The van der Waals surface area contributed by atoms with Crippen molar-refractivity contribution in [3.63, 3.8) is 0 Å². The lowest BCUT2D eigenvalue weighted by molar-refractivity contribution is -0.141. The van der Waals surface area contributed by atoms with Gasteiger partial charge in [0.2, 0.25) is 5.95 Å². The van der Waals surface area contributed by atoms with Crippen molar-refractivity contribution in [3.8, 4) is 0 Å². The van der Waals surface area contributed by atoms with Crippen LogP contribution in [0.1, 0.15) is 18.2 Å². The lowest BCUT2D eigenvalue weighted by atomic mass is 10.2. The third-order valence-corrected chi connectivity index (χ3v) is 3.71. The lowest BCUT2D eigenvalue weighted by Crippen LogP contribution is -2.22. The van der Waals surface area contributed by atoms with Gasteiger partial charge in [-0.25, -0.2) is 4.98 Å². The van der Waals surface area contributed by atoms with Gasteiger partial charge < -0.3 is 15.7 Å². The fraction of sp³-hybridized carbons (Fsp3) is 0.333. The molecule has 2 rings (SSSR count). The zero-order valence-electron chi connectivity index (χ0n) is 12.9. The number of hydrogen-bond donors (Lipinski definition) is 3. The summed E-state index contributed by atoms with van der Waals surface area (Å²) >= 11 is 3.36.